The van der Waals surface area contributed by atoms with Gasteiger partial charge >= 0.3 is 6.09 Å². The molecule has 7 nitrogen and oxygen atoms in total. The van der Waals surface area contributed by atoms with Crippen molar-refractivity contribution in [3.8, 4) is 6.07 Å². The average Bonchev–Trinajstić information content (AvgIpc) is 3.44. The van der Waals surface area contributed by atoms with Gasteiger partial charge in [0.25, 0.3) is 0 Å². The van der Waals surface area contributed by atoms with Gasteiger partial charge in [-0.15, -0.1) is 0 Å². The number of amides is 1. The smallest absolute Gasteiger partial charge is 0.410 e. The first kappa shape index (κ1) is 20.2. The Hall–Kier alpha value is -2.49. The van der Waals surface area contributed by atoms with Crippen LogP contribution in [0.1, 0.15) is 64.6 Å². The van der Waals surface area contributed by atoms with Gasteiger partial charge in [0.2, 0.25) is 0 Å². The van der Waals surface area contributed by atoms with Crippen LogP contribution < -0.4 is 10.6 Å². The van der Waals surface area contributed by atoms with Crippen molar-refractivity contribution in [3.05, 3.63) is 17.3 Å². The Morgan fingerprint density at radius 2 is 2.04 bits per heavy atom. The number of anilines is 2. The molecule has 1 aliphatic heterocycles. The van der Waals surface area contributed by atoms with Crippen molar-refractivity contribution in [1.29, 1.82) is 5.26 Å². The van der Waals surface area contributed by atoms with Crippen molar-refractivity contribution in [2.75, 3.05) is 30.3 Å². The lowest BCUT2D eigenvalue weighted by atomic mass is 9.99. The second-order valence-electron chi connectivity index (χ2n) is 9.15. The summed E-state index contributed by atoms with van der Waals surface area (Å²) in [6.45, 7) is 11.6. The molecule has 2 fully saturated rings. The number of pyridine rings is 1. The monoisotopic (exact) mass is 385 g/mol. The summed E-state index contributed by atoms with van der Waals surface area (Å²) in [6.07, 6.45) is 1.92. The van der Waals surface area contributed by atoms with Crippen molar-refractivity contribution in [2.45, 2.75) is 65.0 Å². The minimum Gasteiger partial charge on any atom is -0.444 e. The summed E-state index contributed by atoms with van der Waals surface area (Å²) in [5.74, 6) is 1.35. The van der Waals surface area contributed by atoms with Crippen LogP contribution in [0.15, 0.2) is 6.07 Å². The molecule has 1 amide bonds. The van der Waals surface area contributed by atoms with E-state index in [9.17, 15) is 10.1 Å². The molecule has 2 heterocycles. The Balaban J connectivity index is 1.85. The molecule has 2 N–H and O–H groups in total. The minimum absolute atomic E-state index is 0.0149. The lowest BCUT2D eigenvalue weighted by molar-refractivity contribution is 0.00878. The Morgan fingerprint density at radius 1 is 1.36 bits per heavy atom. The van der Waals surface area contributed by atoms with Crippen LogP contribution in [0.5, 0.6) is 0 Å². The molecule has 1 atom stereocenters. The molecular formula is C21H31N5O2. The average molecular weight is 386 g/mol. The third-order valence-corrected chi connectivity index (χ3v) is 5.26. The van der Waals surface area contributed by atoms with E-state index < -0.39 is 5.60 Å². The van der Waals surface area contributed by atoms with Gasteiger partial charge in [-0.05, 0) is 45.6 Å². The lowest BCUT2D eigenvalue weighted by Gasteiger charge is -2.44. The van der Waals surface area contributed by atoms with E-state index >= 15 is 0 Å². The van der Waals surface area contributed by atoms with E-state index in [2.05, 4.69) is 24.8 Å². The quantitative estimate of drug-likeness (QED) is 0.855. The summed E-state index contributed by atoms with van der Waals surface area (Å²) in [4.78, 5) is 21.4. The first-order valence-corrected chi connectivity index (χ1v) is 10.1. The highest BCUT2D eigenvalue weighted by atomic mass is 16.6. The van der Waals surface area contributed by atoms with Gasteiger partial charge in [-0.2, -0.15) is 5.26 Å². The van der Waals surface area contributed by atoms with Crippen molar-refractivity contribution in [2.24, 2.45) is 5.92 Å². The van der Waals surface area contributed by atoms with E-state index in [0.29, 0.717) is 42.6 Å². The highest BCUT2D eigenvalue weighted by Gasteiger charge is 2.37. The van der Waals surface area contributed by atoms with Gasteiger partial charge in [0, 0.05) is 25.6 Å². The van der Waals surface area contributed by atoms with Gasteiger partial charge in [0.15, 0.2) is 0 Å². The van der Waals surface area contributed by atoms with Crippen molar-refractivity contribution in [1.82, 2.24) is 9.88 Å². The summed E-state index contributed by atoms with van der Waals surface area (Å²) in [5, 5.41) is 9.60. The van der Waals surface area contributed by atoms with Crippen LogP contribution in [-0.4, -0.2) is 47.3 Å². The molecule has 1 saturated carbocycles. The van der Waals surface area contributed by atoms with Gasteiger partial charge in [0.05, 0.1) is 23.0 Å². The molecule has 0 spiro atoms. The van der Waals surface area contributed by atoms with Gasteiger partial charge in [-0.25, -0.2) is 9.78 Å². The van der Waals surface area contributed by atoms with E-state index in [4.69, 9.17) is 15.5 Å². The molecule has 1 aromatic heterocycles. The first-order chi connectivity index (χ1) is 13.1. The third-order valence-electron chi connectivity index (χ3n) is 5.26. The summed E-state index contributed by atoms with van der Waals surface area (Å²) < 4.78 is 5.60. The number of hydrogen-bond acceptors (Lipinski definition) is 6. The Labute approximate surface area is 167 Å². The SMILES string of the molecule is CC(C)[C@@H]1CN(c2nc(C3CC3)c(N)cc2C#N)CCN1C(=O)OC(C)(C)C. The molecule has 28 heavy (non-hydrogen) atoms. The van der Waals surface area contributed by atoms with Crippen LogP contribution in [0.3, 0.4) is 0 Å². The fraction of sp³-hybridized carbons (Fsp3) is 0.667. The number of nitriles is 1. The van der Waals surface area contributed by atoms with E-state index in [1.807, 2.05) is 25.7 Å². The predicted molar refractivity (Wildman–Crippen MR) is 109 cm³/mol. The van der Waals surface area contributed by atoms with E-state index in [0.717, 1.165) is 18.5 Å². The van der Waals surface area contributed by atoms with Crippen LogP contribution in [0, 0.1) is 17.2 Å². The predicted octanol–water partition coefficient (Wildman–Crippen LogP) is 3.49. The van der Waals surface area contributed by atoms with Crippen LogP contribution in [0.25, 0.3) is 0 Å². The summed E-state index contributed by atoms with van der Waals surface area (Å²) in [6, 6.07) is 3.98. The second-order valence-corrected chi connectivity index (χ2v) is 9.15. The molecule has 0 unspecified atom stereocenters. The zero-order valence-electron chi connectivity index (χ0n) is 17.5. The maximum Gasteiger partial charge on any atom is 0.410 e. The number of hydrogen-bond donors (Lipinski definition) is 1. The highest BCUT2D eigenvalue weighted by Crippen LogP contribution is 2.43. The van der Waals surface area contributed by atoms with Crippen molar-refractivity contribution >= 4 is 17.6 Å². The number of ether oxygens (including phenoxy) is 1. The molecule has 1 saturated heterocycles. The van der Waals surface area contributed by atoms with Crippen LogP contribution >= 0.6 is 0 Å². The number of piperazine rings is 1. The molecule has 1 aliphatic carbocycles. The number of nitrogen functional groups attached to an aromatic ring is 1. The molecular weight excluding hydrogens is 354 g/mol. The Morgan fingerprint density at radius 3 is 2.57 bits per heavy atom. The topological polar surface area (TPSA) is 95.5 Å². The summed E-state index contributed by atoms with van der Waals surface area (Å²) >= 11 is 0. The molecule has 1 aromatic rings. The summed E-state index contributed by atoms with van der Waals surface area (Å²) in [5.41, 5.74) is 7.61. The fourth-order valence-electron chi connectivity index (χ4n) is 3.66. The highest BCUT2D eigenvalue weighted by molar-refractivity contribution is 5.70. The molecule has 0 bridgehead atoms. The number of aromatic nitrogens is 1. The Bertz CT molecular complexity index is 789. The lowest BCUT2D eigenvalue weighted by Crippen LogP contribution is -2.58. The van der Waals surface area contributed by atoms with Gasteiger partial charge in [-0.3, -0.25) is 0 Å². The van der Waals surface area contributed by atoms with E-state index in [-0.39, 0.29) is 18.1 Å². The Kier molecular flexibility index (Phi) is 5.42. The zero-order valence-corrected chi connectivity index (χ0v) is 17.5. The molecule has 7 heteroatoms. The van der Waals surface area contributed by atoms with Crippen molar-refractivity contribution in [3.63, 3.8) is 0 Å². The normalized spacial score (nSPS) is 20.2. The number of nitrogens with two attached hydrogens (primary N) is 1. The second kappa shape index (κ2) is 7.50. The summed E-state index contributed by atoms with van der Waals surface area (Å²) in [7, 11) is 0. The first-order valence-electron chi connectivity index (χ1n) is 10.1. The van der Waals surface area contributed by atoms with E-state index in [1.54, 1.807) is 6.07 Å². The maximum atomic E-state index is 12.7. The molecule has 0 aromatic carbocycles. The van der Waals surface area contributed by atoms with Crippen LogP contribution in [0.2, 0.25) is 0 Å². The van der Waals surface area contributed by atoms with Crippen LogP contribution in [-0.2, 0) is 4.74 Å². The fourth-order valence-corrected chi connectivity index (χ4v) is 3.66. The van der Waals surface area contributed by atoms with Crippen LogP contribution in [0.4, 0.5) is 16.3 Å². The molecule has 2 aliphatic rings. The van der Waals surface area contributed by atoms with Gasteiger partial charge in [0.1, 0.15) is 17.5 Å². The number of nitrogens with zero attached hydrogens (tertiary/aromatic N) is 4. The number of rotatable bonds is 3. The molecule has 152 valence electrons. The minimum atomic E-state index is -0.526. The standard InChI is InChI=1S/C21H31N5O2/c1-13(2)17-12-25(8-9-26(17)20(27)28-21(3,4)5)19-15(11-22)10-16(23)18(24-19)14-6-7-14/h10,13-14,17H,6-9,12,23H2,1-5H3/t17-/m0/s1. The van der Waals surface area contributed by atoms with Gasteiger partial charge < -0.3 is 20.3 Å². The zero-order chi connectivity index (χ0) is 20.6. The third kappa shape index (κ3) is 4.32. The number of carbonyl (C=O) groups is 1. The maximum absolute atomic E-state index is 12.7. The molecule has 0 radical (unpaired) electrons. The van der Waals surface area contributed by atoms with E-state index in [1.165, 1.54) is 0 Å². The van der Waals surface area contributed by atoms with Crippen molar-refractivity contribution < 1.29 is 9.53 Å². The number of carbonyl (C=O) groups excluding carboxylic acids is 1. The largest absolute Gasteiger partial charge is 0.444 e. The molecule has 3 rings (SSSR count). The van der Waals surface area contributed by atoms with Gasteiger partial charge in [-0.1, -0.05) is 13.8 Å².